The smallest absolute Gasteiger partial charge is 0.290 e. The highest BCUT2D eigenvalue weighted by Crippen LogP contribution is 2.39. The number of nitrogens with zero attached hydrogens (tertiary/aromatic N) is 1. The predicted molar refractivity (Wildman–Crippen MR) is 84.6 cm³/mol. The number of nitrogens with one attached hydrogen (secondary N) is 1. The molecule has 1 saturated carbocycles. The van der Waals surface area contributed by atoms with E-state index in [4.69, 9.17) is 21.9 Å². The van der Waals surface area contributed by atoms with Crippen molar-refractivity contribution in [1.29, 1.82) is 0 Å². The minimum absolute atomic E-state index is 0.176. The van der Waals surface area contributed by atoms with Crippen LogP contribution in [0, 0.1) is 5.92 Å². The molecule has 0 radical (unpaired) electrons. The normalized spacial score (nSPS) is 17.0. The fourth-order valence-corrected chi connectivity index (χ4v) is 2.72. The third-order valence-electron chi connectivity index (χ3n) is 4.16. The number of carbonyl (C=O) groups is 1. The fraction of sp³-hybridized carbons (Fsp3) is 0.375. The number of hydrogen-bond donors (Lipinski definition) is 2. The third kappa shape index (κ3) is 3.00. The molecule has 1 aliphatic carbocycles. The first kappa shape index (κ1) is 15.1. The number of halogens is 1. The van der Waals surface area contributed by atoms with Crippen molar-refractivity contribution >= 4 is 17.5 Å². The van der Waals surface area contributed by atoms with E-state index in [0.717, 1.165) is 18.4 Å². The molecular weight excluding hydrogens is 302 g/mol. The van der Waals surface area contributed by atoms with Gasteiger partial charge in [-0.05, 0) is 37.8 Å². The first-order valence-corrected chi connectivity index (χ1v) is 7.65. The summed E-state index contributed by atoms with van der Waals surface area (Å²) in [5.74, 6) is 0.327. The van der Waals surface area contributed by atoms with Crippen molar-refractivity contribution in [3.05, 3.63) is 41.1 Å². The van der Waals surface area contributed by atoms with Gasteiger partial charge >= 0.3 is 0 Å². The number of aromatic nitrogens is 1. The van der Waals surface area contributed by atoms with Crippen LogP contribution in [0.15, 0.2) is 34.9 Å². The first-order valence-electron chi connectivity index (χ1n) is 7.27. The Hall–Kier alpha value is -1.85. The summed E-state index contributed by atoms with van der Waals surface area (Å²) in [5.41, 5.74) is 6.80. The molecule has 1 unspecified atom stereocenters. The van der Waals surface area contributed by atoms with Gasteiger partial charge in [0.15, 0.2) is 0 Å². The monoisotopic (exact) mass is 319 g/mol. The lowest BCUT2D eigenvalue weighted by molar-refractivity contribution is 0.0860. The summed E-state index contributed by atoms with van der Waals surface area (Å²) in [7, 11) is 0. The zero-order chi connectivity index (χ0) is 15.7. The van der Waals surface area contributed by atoms with Crippen LogP contribution >= 0.6 is 11.6 Å². The molecule has 0 spiro atoms. The van der Waals surface area contributed by atoms with Gasteiger partial charge in [0.25, 0.3) is 5.91 Å². The van der Waals surface area contributed by atoms with Crippen LogP contribution in [-0.4, -0.2) is 23.1 Å². The number of nitrogens with two attached hydrogens (primary N) is 1. The van der Waals surface area contributed by atoms with Crippen LogP contribution in [-0.2, 0) is 0 Å². The zero-order valence-electron chi connectivity index (χ0n) is 12.3. The Morgan fingerprint density at radius 1 is 1.50 bits per heavy atom. The lowest BCUT2D eigenvalue weighted by atomic mass is 9.96. The standard InChI is InChI=1S/C16H18ClN3O2/c1-16(9-18,11-5-6-11)19-15(21)14-8-13(20-22-14)10-3-2-4-12(17)7-10/h2-4,7-8,11H,5-6,9,18H2,1H3,(H,19,21). The van der Waals surface area contributed by atoms with Crippen LogP contribution in [0.1, 0.15) is 30.3 Å². The zero-order valence-corrected chi connectivity index (χ0v) is 13.1. The fourth-order valence-electron chi connectivity index (χ4n) is 2.53. The van der Waals surface area contributed by atoms with Crippen LogP contribution < -0.4 is 11.1 Å². The summed E-state index contributed by atoms with van der Waals surface area (Å²) < 4.78 is 5.17. The molecule has 116 valence electrons. The highest BCUT2D eigenvalue weighted by molar-refractivity contribution is 6.30. The summed E-state index contributed by atoms with van der Waals surface area (Å²) in [6, 6.07) is 8.85. The molecule has 22 heavy (non-hydrogen) atoms. The number of hydrogen-bond acceptors (Lipinski definition) is 4. The second-order valence-electron chi connectivity index (χ2n) is 5.94. The third-order valence-corrected chi connectivity index (χ3v) is 4.39. The van der Waals surface area contributed by atoms with Gasteiger partial charge in [-0.25, -0.2) is 0 Å². The quantitative estimate of drug-likeness (QED) is 0.888. The maximum atomic E-state index is 12.3. The molecule has 1 heterocycles. The van der Waals surface area contributed by atoms with E-state index in [1.54, 1.807) is 18.2 Å². The molecule has 1 fully saturated rings. The van der Waals surface area contributed by atoms with E-state index in [9.17, 15) is 4.79 Å². The largest absolute Gasteiger partial charge is 0.350 e. The second-order valence-corrected chi connectivity index (χ2v) is 6.37. The molecular formula is C16H18ClN3O2. The molecule has 3 rings (SSSR count). The van der Waals surface area contributed by atoms with Gasteiger partial charge in [0.2, 0.25) is 5.76 Å². The molecule has 1 aliphatic rings. The van der Waals surface area contributed by atoms with Gasteiger partial charge in [-0.15, -0.1) is 0 Å². The summed E-state index contributed by atoms with van der Waals surface area (Å²) in [4.78, 5) is 12.3. The average molecular weight is 320 g/mol. The van der Waals surface area contributed by atoms with Crippen LogP contribution in [0.4, 0.5) is 0 Å². The van der Waals surface area contributed by atoms with E-state index in [0.29, 0.717) is 23.2 Å². The van der Waals surface area contributed by atoms with E-state index in [-0.39, 0.29) is 17.2 Å². The Morgan fingerprint density at radius 2 is 2.27 bits per heavy atom. The molecule has 1 aromatic carbocycles. The van der Waals surface area contributed by atoms with E-state index >= 15 is 0 Å². The second kappa shape index (κ2) is 5.74. The molecule has 5 nitrogen and oxygen atoms in total. The Kier molecular flexibility index (Phi) is 3.93. The Balaban J connectivity index is 1.77. The minimum atomic E-state index is -0.389. The first-order chi connectivity index (χ1) is 10.5. The van der Waals surface area contributed by atoms with Crippen LogP contribution in [0.5, 0.6) is 0 Å². The SMILES string of the molecule is CC(CN)(NC(=O)c1cc(-c2cccc(Cl)c2)no1)C1CC1. The van der Waals surface area contributed by atoms with Gasteiger partial charge in [0, 0.05) is 23.2 Å². The van der Waals surface area contributed by atoms with Crippen molar-refractivity contribution in [2.24, 2.45) is 11.7 Å². The van der Waals surface area contributed by atoms with Crippen LogP contribution in [0.25, 0.3) is 11.3 Å². The van der Waals surface area contributed by atoms with E-state index in [2.05, 4.69) is 10.5 Å². The summed E-state index contributed by atoms with van der Waals surface area (Å²) >= 11 is 5.96. The summed E-state index contributed by atoms with van der Waals surface area (Å²) in [6.45, 7) is 2.37. The number of carbonyl (C=O) groups excluding carboxylic acids is 1. The lowest BCUT2D eigenvalue weighted by Crippen LogP contribution is -2.53. The molecule has 6 heteroatoms. The molecule has 1 aromatic heterocycles. The molecule has 0 bridgehead atoms. The van der Waals surface area contributed by atoms with Crippen molar-refractivity contribution in [2.75, 3.05) is 6.54 Å². The molecule has 0 saturated heterocycles. The number of rotatable bonds is 5. The lowest BCUT2D eigenvalue weighted by Gasteiger charge is -2.28. The van der Waals surface area contributed by atoms with Gasteiger partial charge in [0.05, 0.1) is 5.54 Å². The molecule has 3 N–H and O–H groups in total. The van der Waals surface area contributed by atoms with E-state index in [1.807, 2.05) is 19.1 Å². The van der Waals surface area contributed by atoms with E-state index < -0.39 is 0 Å². The van der Waals surface area contributed by atoms with Crippen molar-refractivity contribution in [3.63, 3.8) is 0 Å². The van der Waals surface area contributed by atoms with Crippen molar-refractivity contribution in [2.45, 2.75) is 25.3 Å². The van der Waals surface area contributed by atoms with Crippen molar-refractivity contribution < 1.29 is 9.32 Å². The van der Waals surface area contributed by atoms with Gasteiger partial charge in [-0.2, -0.15) is 0 Å². The summed E-state index contributed by atoms with van der Waals surface area (Å²) in [5, 5.41) is 7.52. The maximum Gasteiger partial charge on any atom is 0.290 e. The van der Waals surface area contributed by atoms with Crippen molar-refractivity contribution in [1.82, 2.24) is 10.5 Å². The minimum Gasteiger partial charge on any atom is -0.350 e. The number of benzene rings is 1. The van der Waals surface area contributed by atoms with Crippen LogP contribution in [0.2, 0.25) is 5.02 Å². The topological polar surface area (TPSA) is 81.1 Å². The van der Waals surface area contributed by atoms with Crippen LogP contribution in [0.3, 0.4) is 0 Å². The molecule has 2 aromatic rings. The van der Waals surface area contributed by atoms with Gasteiger partial charge in [-0.3, -0.25) is 4.79 Å². The van der Waals surface area contributed by atoms with Crippen molar-refractivity contribution in [3.8, 4) is 11.3 Å². The molecule has 1 amide bonds. The maximum absolute atomic E-state index is 12.3. The predicted octanol–water partition coefficient (Wildman–Crippen LogP) is 2.85. The van der Waals surface area contributed by atoms with E-state index in [1.165, 1.54) is 0 Å². The molecule has 0 aliphatic heterocycles. The van der Waals surface area contributed by atoms with Gasteiger partial charge < -0.3 is 15.6 Å². The Bertz CT molecular complexity index is 696. The number of amides is 1. The average Bonchev–Trinajstić information content (AvgIpc) is 3.25. The Morgan fingerprint density at radius 3 is 2.91 bits per heavy atom. The summed E-state index contributed by atoms with van der Waals surface area (Å²) in [6.07, 6.45) is 2.19. The highest BCUT2D eigenvalue weighted by atomic mass is 35.5. The Labute approximate surface area is 133 Å². The van der Waals surface area contributed by atoms with Gasteiger partial charge in [0.1, 0.15) is 5.69 Å². The van der Waals surface area contributed by atoms with Gasteiger partial charge in [-0.1, -0.05) is 28.9 Å². The molecule has 1 atom stereocenters. The highest BCUT2D eigenvalue weighted by Gasteiger charge is 2.42.